The number of hydrogen-bond acceptors (Lipinski definition) is 5. The van der Waals surface area contributed by atoms with Gasteiger partial charge in [0, 0.05) is 11.6 Å². The second kappa shape index (κ2) is 6.59. The van der Waals surface area contributed by atoms with Gasteiger partial charge in [0.05, 0.1) is 11.4 Å². The van der Waals surface area contributed by atoms with Crippen molar-refractivity contribution in [3.63, 3.8) is 0 Å². The Morgan fingerprint density at radius 1 is 1.25 bits per heavy atom. The topological polar surface area (TPSA) is 92.9 Å². The summed E-state index contributed by atoms with van der Waals surface area (Å²) in [6, 6.07) is 3.07. The molecule has 0 aromatic carbocycles. The van der Waals surface area contributed by atoms with E-state index in [9.17, 15) is 4.79 Å². The Morgan fingerprint density at radius 3 is 2.62 bits per heavy atom. The second-order valence-electron chi connectivity index (χ2n) is 6.67. The van der Waals surface area contributed by atoms with Crippen LogP contribution in [0.25, 0.3) is 0 Å². The molecule has 1 aliphatic carbocycles. The van der Waals surface area contributed by atoms with Crippen LogP contribution in [0.4, 0.5) is 10.5 Å². The highest BCUT2D eigenvalue weighted by Gasteiger charge is 2.31. The maximum atomic E-state index is 12.4. The number of urea groups is 1. The maximum Gasteiger partial charge on any atom is 0.319 e. The summed E-state index contributed by atoms with van der Waals surface area (Å²) in [7, 11) is 0. The van der Waals surface area contributed by atoms with Gasteiger partial charge in [-0.3, -0.25) is 4.98 Å². The summed E-state index contributed by atoms with van der Waals surface area (Å²) in [5, 5.41) is 9.78. The minimum Gasteiger partial charge on any atom is -0.337 e. The number of amides is 2. The van der Waals surface area contributed by atoms with E-state index in [1.165, 1.54) is 0 Å². The lowest BCUT2D eigenvalue weighted by molar-refractivity contribution is 0.235. The Morgan fingerprint density at radius 2 is 2.00 bits per heavy atom. The lowest BCUT2D eigenvalue weighted by atomic mass is 10.0. The molecule has 2 aromatic heterocycles. The summed E-state index contributed by atoms with van der Waals surface area (Å²) in [6.45, 7) is 7.79. The van der Waals surface area contributed by atoms with Crippen LogP contribution in [0.5, 0.6) is 0 Å². The highest BCUT2D eigenvalue weighted by molar-refractivity contribution is 5.90. The monoisotopic (exact) mass is 329 g/mol. The number of nitrogens with one attached hydrogen (secondary N) is 2. The van der Waals surface area contributed by atoms with E-state index in [0.717, 1.165) is 30.1 Å². The van der Waals surface area contributed by atoms with Crippen molar-refractivity contribution < 1.29 is 9.32 Å². The highest BCUT2D eigenvalue weighted by Crippen LogP contribution is 2.38. The molecule has 24 heavy (non-hydrogen) atoms. The summed E-state index contributed by atoms with van der Waals surface area (Å²) in [5.74, 6) is 1.75. The van der Waals surface area contributed by atoms with Crippen LogP contribution in [-0.4, -0.2) is 21.2 Å². The molecule has 1 atom stereocenters. The van der Waals surface area contributed by atoms with E-state index in [1.807, 2.05) is 39.8 Å². The van der Waals surface area contributed by atoms with Crippen LogP contribution in [0.2, 0.25) is 0 Å². The number of nitrogens with zero attached hydrogens (tertiary/aromatic N) is 3. The number of carbonyl (C=O) groups excluding carboxylic acids is 1. The Kier molecular flexibility index (Phi) is 4.51. The first-order valence-electron chi connectivity index (χ1n) is 8.29. The quantitative estimate of drug-likeness (QED) is 0.876. The van der Waals surface area contributed by atoms with Crippen molar-refractivity contribution in [2.45, 2.75) is 52.5 Å². The molecule has 0 saturated heterocycles. The minimum absolute atomic E-state index is 0.125. The highest BCUT2D eigenvalue weighted by atomic mass is 16.5. The summed E-state index contributed by atoms with van der Waals surface area (Å²) >= 11 is 0. The average molecular weight is 329 g/mol. The zero-order valence-electron chi connectivity index (χ0n) is 14.5. The lowest BCUT2D eigenvalue weighted by Gasteiger charge is -2.19. The molecule has 2 aromatic rings. The van der Waals surface area contributed by atoms with Gasteiger partial charge in [-0.25, -0.2) is 4.79 Å². The van der Waals surface area contributed by atoms with E-state index >= 15 is 0 Å². The minimum atomic E-state index is -0.330. The molecule has 7 nitrogen and oxygen atoms in total. The standard InChI is InChI=1S/C17H23N5O2/c1-9(2)14(16-21-15(22-24-16)12-6-7-12)20-17(23)19-13-8-5-10(3)18-11(13)4/h5,8-9,12,14H,6-7H2,1-4H3,(H2,19,20,23). The first-order valence-corrected chi connectivity index (χ1v) is 8.29. The van der Waals surface area contributed by atoms with Gasteiger partial charge in [0.25, 0.3) is 0 Å². The molecule has 1 saturated carbocycles. The van der Waals surface area contributed by atoms with Crippen molar-refractivity contribution in [2.75, 3.05) is 5.32 Å². The normalized spacial score (nSPS) is 15.4. The fourth-order valence-corrected chi connectivity index (χ4v) is 2.51. The van der Waals surface area contributed by atoms with Gasteiger partial charge in [-0.2, -0.15) is 4.98 Å². The summed E-state index contributed by atoms with van der Waals surface area (Å²) < 4.78 is 5.36. The van der Waals surface area contributed by atoms with Crippen LogP contribution in [-0.2, 0) is 0 Å². The molecule has 3 rings (SSSR count). The molecule has 0 radical (unpaired) electrons. The van der Waals surface area contributed by atoms with Crippen LogP contribution in [0.1, 0.15) is 61.8 Å². The van der Waals surface area contributed by atoms with Gasteiger partial charge in [-0.1, -0.05) is 19.0 Å². The smallest absolute Gasteiger partial charge is 0.319 e. The molecule has 1 aliphatic rings. The first-order chi connectivity index (χ1) is 11.4. The van der Waals surface area contributed by atoms with Gasteiger partial charge < -0.3 is 15.2 Å². The van der Waals surface area contributed by atoms with E-state index < -0.39 is 0 Å². The van der Waals surface area contributed by atoms with Crippen molar-refractivity contribution in [2.24, 2.45) is 5.92 Å². The van der Waals surface area contributed by atoms with Crippen molar-refractivity contribution in [1.29, 1.82) is 0 Å². The van der Waals surface area contributed by atoms with Gasteiger partial charge in [0.15, 0.2) is 5.82 Å². The zero-order chi connectivity index (χ0) is 17.3. The van der Waals surface area contributed by atoms with Crippen LogP contribution >= 0.6 is 0 Å². The van der Waals surface area contributed by atoms with Crippen LogP contribution in [0.15, 0.2) is 16.7 Å². The predicted octanol–water partition coefficient (Wildman–Crippen LogP) is 3.48. The molecular weight excluding hydrogens is 306 g/mol. The molecule has 2 heterocycles. The Bertz CT molecular complexity index is 736. The molecule has 1 unspecified atom stereocenters. The molecule has 2 amide bonds. The molecule has 0 spiro atoms. The fourth-order valence-electron chi connectivity index (χ4n) is 2.51. The Labute approximate surface area is 141 Å². The molecular formula is C17H23N5O2. The van der Waals surface area contributed by atoms with Gasteiger partial charge in [0.1, 0.15) is 6.04 Å². The lowest BCUT2D eigenvalue weighted by Crippen LogP contribution is -2.35. The largest absolute Gasteiger partial charge is 0.337 e. The van der Waals surface area contributed by atoms with Gasteiger partial charge in [-0.15, -0.1) is 0 Å². The van der Waals surface area contributed by atoms with Gasteiger partial charge in [0.2, 0.25) is 5.89 Å². The number of rotatable bonds is 5. The van der Waals surface area contributed by atoms with Gasteiger partial charge >= 0.3 is 6.03 Å². The van der Waals surface area contributed by atoms with E-state index in [1.54, 1.807) is 0 Å². The molecule has 128 valence electrons. The molecule has 1 fully saturated rings. The third-order valence-corrected chi connectivity index (χ3v) is 4.09. The molecule has 2 N–H and O–H groups in total. The Hall–Kier alpha value is -2.44. The third-order valence-electron chi connectivity index (χ3n) is 4.09. The van der Waals surface area contributed by atoms with Gasteiger partial charge in [-0.05, 0) is 44.7 Å². The number of carbonyl (C=O) groups is 1. The van der Waals surface area contributed by atoms with Crippen LogP contribution in [0, 0.1) is 19.8 Å². The SMILES string of the molecule is Cc1ccc(NC(=O)NC(c2nc(C3CC3)no2)C(C)C)c(C)n1. The number of anilines is 1. The fraction of sp³-hybridized carbons (Fsp3) is 0.529. The van der Waals surface area contributed by atoms with Crippen LogP contribution < -0.4 is 10.6 Å². The molecule has 0 aliphatic heterocycles. The first kappa shape index (κ1) is 16.4. The predicted molar refractivity (Wildman–Crippen MR) is 89.7 cm³/mol. The summed E-state index contributed by atoms with van der Waals surface area (Å²) in [4.78, 5) is 21.1. The zero-order valence-corrected chi connectivity index (χ0v) is 14.5. The summed E-state index contributed by atoms with van der Waals surface area (Å²) in [5.41, 5.74) is 2.38. The molecule has 7 heteroatoms. The number of aryl methyl sites for hydroxylation is 2. The molecule has 0 bridgehead atoms. The van der Waals surface area contributed by atoms with Crippen molar-refractivity contribution in [3.8, 4) is 0 Å². The number of hydrogen-bond donors (Lipinski definition) is 2. The number of pyridine rings is 1. The average Bonchev–Trinajstić information content (AvgIpc) is 3.26. The maximum absolute atomic E-state index is 12.4. The van der Waals surface area contributed by atoms with Crippen molar-refractivity contribution in [1.82, 2.24) is 20.4 Å². The summed E-state index contributed by atoms with van der Waals surface area (Å²) in [6.07, 6.45) is 2.22. The van der Waals surface area contributed by atoms with E-state index in [4.69, 9.17) is 4.52 Å². The number of aromatic nitrogens is 3. The van der Waals surface area contributed by atoms with Crippen molar-refractivity contribution >= 4 is 11.7 Å². The second-order valence-corrected chi connectivity index (χ2v) is 6.67. The third kappa shape index (κ3) is 3.72. The Balaban J connectivity index is 1.69. The van der Waals surface area contributed by atoms with Crippen LogP contribution in [0.3, 0.4) is 0 Å². The van der Waals surface area contributed by atoms with E-state index in [-0.39, 0.29) is 18.0 Å². The van der Waals surface area contributed by atoms with E-state index in [2.05, 4.69) is 25.8 Å². The van der Waals surface area contributed by atoms with E-state index in [0.29, 0.717) is 17.5 Å². The van der Waals surface area contributed by atoms with Crippen molar-refractivity contribution in [3.05, 3.63) is 35.2 Å².